The normalized spacial score (nSPS) is 16.0. The lowest BCUT2D eigenvalue weighted by atomic mass is 10.2. The third-order valence-electron chi connectivity index (χ3n) is 3.64. The van der Waals surface area contributed by atoms with Gasteiger partial charge in [-0.3, -0.25) is 9.89 Å². The first-order chi connectivity index (χ1) is 9.26. The van der Waals surface area contributed by atoms with Crippen LogP contribution >= 0.6 is 24.0 Å². The molecule has 6 heteroatoms. The lowest BCUT2D eigenvalue weighted by Crippen LogP contribution is -2.42. The molecular formula is C14H25IN4O. The number of nitrogens with zero attached hydrogens (tertiary/aromatic N) is 3. The van der Waals surface area contributed by atoms with Gasteiger partial charge in [0, 0.05) is 20.1 Å². The fraction of sp³-hybridized carbons (Fsp3) is 0.643. The highest BCUT2D eigenvalue weighted by molar-refractivity contribution is 14.0. The fourth-order valence-corrected chi connectivity index (χ4v) is 2.47. The Kier molecular flexibility index (Phi) is 7.36. The summed E-state index contributed by atoms with van der Waals surface area (Å²) in [5.41, 5.74) is 0. The van der Waals surface area contributed by atoms with Crippen LogP contribution in [0.4, 0.5) is 0 Å². The van der Waals surface area contributed by atoms with Gasteiger partial charge < -0.3 is 14.6 Å². The van der Waals surface area contributed by atoms with Gasteiger partial charge in [-0.2, -0.15) is 0 Å². The molecule has 20 heavy (non-hydrogen) atoms. The summed E-state index contributed by atoms with van der Waals surface area (Å²) in [5, 5.41) is 3.44. The molecule has 1 unspecified atom stereocenters. The first kappa shape index (κ1) is 17.3. The zero-order valence-corrected chi connectivity index (χ0v) is 14.8. The maximum Gasteiger partial charge on any atom is 0.193 e. The molecule has 114 valence electrons. The van der Waals surface area contributed by atoms with Crippen LogP contribution in [-0.4, -0.2) is 55.5 Å². The topological polar surface area (TPSA) is 44.0 Å². The average molecular weight is 392 g/mol. The van der Waals surface area contributed by atoms with Crippen LogP contribution in [-0.2, 0) is 0 Å². The van der Waals surface area contributed by atoms with Gasteiger partial charge in [0.2, 0.25) is 0 Å². The first-order valence-corrected chi connectivity index (χ1v) is 7.03. The molecule has 0 aromatic carbocycles. The maximum atomic E-state index is 5.59. The van der Waals surface area contributed by atoms with Crippen molar-refractivity contribution in [2.24, 2.45) is 4.99 Å². The Hall–Kier alpha value is -0.760. The summed E-state index contributed by atoms with van der Waals surface area (Å²) in [6, 6.07) is 4.25. The number of guanidine groups is 1. The fourth-order valence-electron chi connectivity index (χ4n) is 2.47. The molecule has 1 aliphatic heterocycles. The van der Waals surface area contributed by atoms with E-state index in [1.54, 1.807) is 6.26 Å². The summed E-state index contributed by atoms with van der Waals surface area (Å²) >= 11 is 0. The predicted molar refractivity (Wildman–Crippen MR) is 92.7 cm³/mol. The molecule has 1 aliphatic rings. The van der Waals surface area contributed by atoms with E-state index in [0.717, 1.165) is 44.4 Å². The van der Waals surface area contributed by atoms with Gasteiger partial charge >= 0.3 is 0 Å². The van der Waals surface area contributed by atoms with Gasteiger partial charge in [0.25, 0.3) is 0 Å². The molecule has 1 N–H and O–H groups in total. The van der Waals surface area contributed by atoms with Crippen molar-refractivity contribution < 1.29 is 4.42 Å². The standard InChI is InChI=1S/C14H24N4O.HI/c1-4-18(5-2)12(13-7-6-10-19-13)11-16-14-15-8-9-17(14)3;/h6-7,10,12H,4-5,8-9,11H2,1-3H3,(H,15,16);1H. The van der Waals surface area contributed by atoms with Crippen molar-refractivity contribution in [1.82, 2.24) is 15.1 Å². The highest BCUT2D eigenvalue weighted by Gasteiger charge is 2.22. The van der Waals surface area contributed by atoms with E-state index in [2.05, 4.69) is 41.0 Å². The van der Waals surface area contributed by atoms with E-state index < -0.39 is 0 Å². The number of aliphatic imine (C=N–C) groups is 1. The van der Waals surface area contributed by atoms with Gasteiger partial charge in [0.05, 0.1) is 18.8 Å². The molecular weight excluding hydrogens is 367 g/mol. The van der Waals surface area contributed by atoms with Gasteiger partial charge in [-0.1, -0.05) is 13.8 Å². The van der Waals surface area contributed by atoms with Gasteiger partial charge in [-0.05, 0) is 25.2 Å². The summed E-state index contributed by atoms with van der Waals surface area (Å²) in [6.07, 6.45) is 1.74. The van der Waals surface area contributed by atoms with Crippen molar-refractivity contribution in [2.45, 2.75) is 19.9 Å². The number of furan rings is 1. The largest absolute Gasteiger partial charge is 0.468 e. The molecule has 1 aromatic rings. The molecule has 1 aromatic heterocycles. The van der Waals surface area contributed by atoms with Crippen molar-refractivity contribution in [3.8, 4) is 0 Å². The number of rotatable bonds is 6. The van der Waals surface area contributed by atoms with Crippen molar-refractivity contribution in [1.29, 1.82) is 0 Å². The van der Waals surface area contributed by atoms with Crippen molar-refractivity contribution in [3.05, 3.63) is 24.2 Å². The molecule has 5 nitrogen and oxygen atoms in total. The van der Waals surface area contributed by atoms with E-state index in [4.69, 9.17) is 4.42 Å². The van der Waals surface area contributed by atoms with Crippen LogP contribution in [0.3, 0.4) is 0 Å². The Morgan fingerprint density at radius 2 is 2.20 bits per heavy atom. The Morgan fingerprint density at radius 1 is 1.45 bits per heavy atom. The molecule has 0 saturated heterocycles. The minimum absolute atomic E-state index is 0. The third-order valence-corrected chi connectivity index (χ3v) is 3.64. The highest BCUT2D eigenvalue weighted by Crippen LogP contribution is 2.20. The number of nitrogens with one attached hydrogen (secondary N) is 1. The van der Waals surface area contributed by atoms with Crippen LogP contribution in [0.5, 0.6) is 0 Å². The van der Waals surface area contributed by atoms with Crippen molar-refractivity contribution in [2.75, 3.05) is 39.8 Å². The van der Waals surface area contributed by atoms with E-state index in [0.29, 0.717) is 0 Å². The Morgan fingerprint density at radius 3 is 2.70 bits per heavy atom. The number of hydrogen-bond donors (Lipinski definition) is 1. The second kappa shape index (κ2) is 8.51. The van der Waals surface area contributed by atoms with E-state index in [9.17, 15) is 0 Å². The summed E-state index contributed by atoms with van der Waals surface area (Å²) in [4.78, 5) is 9.01. The maximum absolute atomic E-state index is 5.59. The van der Waals surface area contributed by atoms with Crippen LogP contribution in [0.25, 0.3) is 0 Å². The number of halogens is 1. The molecule has 0 aliphatic carbocycles. The molecule has 0 saturated carbocycles. The quantitative estimate of drug-likeness (QED) is 0.754. The van der Waals surface area contributed by atoms with Crippen LogP contribution in [0.1, 0.15) is 25.6 Å². The Bertz CT molecular complexity index is 403. The SMILES string of the molecule is CCN(CC)C(CNC1=NCCN1C)c1ccco1.I. The van der Waals surface area contributed by atoms with Crippen LogP contribution in [0.15, 0.2) is 27.8 Å². The lowest BCUT2D eigenvalue weighted by molar-refractivity contribution is 0.192. The van der Waals surface area contributed by atoms with Gasteiger partial charge in [-0.25, -0.2) is 0 Å². The molecule has 0 spiro atoms. The summed E-state index contributed by atoms with van der Waals surface area (Å²) in [6.45, 7) is 9.07. The minimum atomic E-state index is 0. The number of likely N-dealkylation sites (N-methyl/N-ethyl adjacent to an activating group) is 2. The second-order valence-corrected chi connectivity index (χ2v) is 4.76. The molecule has 0 bridgehead atoms. The molecule has 0 amide bonds. The summed E-state index contributed by atoms with van der Waals surface area (Å²) in [5.74, 6) is 2.00. The number of hydrogen-bond acceptors (Lipinski definition) is 5. The van der Waals surface area contributed by atoms with E-state index >= 15 is 0 Å². The van der Waals surface area contributed by atoms with Gasteiger partial charge in [0.15, 0.2) is 5.96 Å². The van der Waals surface area contributed by atoms with Gasteiger partial charge in [0.1, 0.15) is 5.76 Å². The van der Waals surface area contributed by atoms with Crippen molar-refractivity contribution in [3.63, 3.8) is 0 Å². The van der Waals surface area contributed by atoms with E-state index in [1.807, 2.05) is 12.1 Å². The van der Waals surface area contributed by atoms with Crippen LogP contribution < -0.4 is 5.32 Å². The zero-order valence-electron chi connectivity index (χ0n) is 12.5. The Labute approximate surface area is 138 Å². The summed E-state index contributed by atoms with van der Waals surface area (Å²) in [7, 11) is 2.07. The third kappa shape index (κ3) is 4.12. The lowest BCUT2D eigenvalue weighted by Gasteiger charge is -2.29. The van der Waals surface area contributed by atoms with E-state index in [-0.39, 0.29) is 30.0 Å². The zero-order chi connectivity index (χ0) is 13.7. The minimum Gasteiger partial charge on any atom is -0.468 e. The molecule has 0 radical (unpaired) electrons. The molecule has 0 fully saturated rings. The average Bonchev–Trinajstić information content (AvgIpc) is 3.06. The monoisotopic (exact) mass is 392 g/mol. The highest BCUT2D eigenvalue weighted by atomic mass is 127. The molecule has 2 heterocycles. The molecule has 1 atom stereocenters. The van der Waals surface area contributed by atoms with E-state index in [1.165, 1.54) is 0 Å². The Balaban J connectivity index is 0.00000200. The van der Waals surface area contributed by atoms with Crippen LogP contribution in [0, 0.1) is 0 Å². The molecule has 2 rings (SSSR count). The summed E-state index contributed by atoms with van der Waals surface area (Å²) < 4.78 is 5.59. The smallest absolute Gasteiger partial charge is 0.193 e. The van der Waals surface area contributed by atoms with Crippen LogP contribution in [0.2, 0.25) is 0 Å². The second-order valence-electron chi connectivity index (χ2n) is 4.76. The van der Waals surface area contributed by atoms with Crippen molar-refractivity contribution >= 4 is 29.9 Å². The first-order valence-electron chi connectivity index (χ1n) is 7.03. The predicted octanol–water partition coefficient (Wildman–Crippen LogP) is 2.17. The van der Waals surface area contributed by atoms with Gasteiger partial charge in [-0.15, -0.1) is 24.0 Å².